The Morgan fingerprint density at radius 3 is 2.57 bits per heavy atom. The van der Waals surface area contributed by atoms with Crippen LogP contribution in [-0.2, 0) is 15.3 Å². The molecule has 6 rings (SSSR count). The second-order valence-electron chi connectivity index (χ2n) is 9.48. The molecule has 4 aromatic carbocycles. The number of carbonyl (C=O) groups excluding carboxylic acids is 2. The summed E-state index contributed by atoms with van der Waals surface area (Å²) in [5.74, 6) is -0.625. The van der Waals surface area contributed by atoms with E-state index in [0.29, 0.717) is 33.6 Å². The van der Waals surface area contributed by atoms with Crippen LogP contribution >= 0.6 is 23.1 Å². The van der Waals surface area contributed by atoms with E-state index >= 15 is 0 Å². The lowest BCUT2D eigenvalue weighted by Crippen LogP contribution is -2.29. The third-order valence-corrected chi connectivity index (χ3v) is 8.97. The van der Waals surface area contributed by atoms with Crippen LogP contribution in [0.3, 0.4) is 0 Å². The van der Waals surface area contributed by atoms with E-state index in [4.69, 9.17) is 4.74 Å². The predicted octanol–water partition coefficient (Wildman–Crippen LogP) is 7.17. The highest BCUT2D eigenvalue weighted by atomic mass is 32.2. The van der Waals surface area contributed by atoms with Crippen molar-refractivity contribution in [1.29, 1.82) is 0 Å². The van der Waals surface area contributed by atoms with Gasteiger partial charge in [-0.2, -0.15) is 0 Å². The zero-order valence-electron chi connectivity index (χ0n) is 22.3. The molecule has 1 aliphatic heterocycles. The van der Waals surface area contributed by atoms with Crippen molar-refractivity contribution in [1.82, 2.24) is 10.2 Å². The number of amides is 1. The molecular weight excluding hydrogens is 567 g/mol. The molecule has 1 atom stereocenters. The zero-order chi connectivity index (χ0) is 29.1. The van der Waals surface area contributed by atoms with Crippen molar-refractivity contribution in [2.24, 2.45) is 0 Å². The van der Waals surface area contributed by atoms with Gasteiger partial charge in [0.1, 0.15) is 18.1 Å². The molecule has 0 saturated carbocycles. The van der Waals surface area contributed by atoms with Crippen molar-refractivity contribution in [2.75, 3.05) is 11.5 Å². The Balaban J connectivity index is 1.37. The maximum Gasteiger partial charge on any atom is 0.301 e. The van der Waals surface area contributed by atoms with Gasteiger partial charge in [-0.05, 0) is 34.0 Å². The Hall–Kier alpha value is -4.73. The molecule has 0 bridgehead atoms. The summed E-state index contributed by atoms with van der Waals surface area (Å²) >= 11 is 2.75. The lowest BCUT2D eigenvalue weighted by atomic mass is 9.95. The van der Waals surface area contributed by atoms with Gasteiger partial charge in [0.2, 0.25) is 5.13 Å². The number of carbonyl (C=O) groups is 2. The minimum absolute atomic E-state index is 0.0211. The van der Waals surface area contributed by atoms with Gasteiger partial charge in [-0.15, -0.1) is 10.2 Å². The molecule has 0 aliphatic carbocycles. The highest BCUT2D eigenvalue weighted by Crippen LogP contribution is 2.44. The van der Waals surface area contributed by atoms with Crippen LogP contribution in [-0.4, -0.2) is 33.6 Å². The average molecular weight is 592 g/mol. The Bertz CT molecular complexity index is 1830. The van der Waals surface area contributed by atoms with Gasteiger partial charge < -0.3 is 9.84 Å². The summed E-state index contributed by atoms with van der Waals surface area (Å²) < 4.78 is 6.38. The predicted molar refractivity (Wildman–Crippen MR) is 167 cm³/mol. The number of hydrogen-bond donors (Lipinski definition) is 1. The number of hydrogen-bond acceptors (Lipinski definition) is 8. The number of aliphatic hydroxyl groups is 1. The molecule has 1 amide bonds. The Labute approximate surface area is 250 Å². The van der Waals surface area contributed by atoms with E-state index in [-0.39, 0.29) is 16.5 Å². The van der Waals surface area contributed by atoms with Gasteiger partial charge in [0.15, 0.2) is 4.34 Å². The Morgan fingerprint density at radius 1 is 0.976 bits per heavy atom. The normalized spacial score (nSPS) is 16.2. The molecule has 1 saturated heterocycles. The fourth-order valence-electron chi connectivity index (χ4n) is 4.94. The van der Waals surface area contributed by atoms with Crippen LogP contribution < -0.4 is 9.64 Å². The number of aliphatic hydroxyl groups excluding tert-OH is 1. The van der Waals surface area contributed by atoms with E-state index in [0.717, 1.165) is 10.9 Å². The third-order valence-electron chi connectivity index (χ3n) is 6.87. The second kappa shape index (κ2) is 12.0. The maximum absolute atomic E-state index is 13.5. The molecule has 0 radical (unpaired) electrons. The minimum Gasteiger partial charge on any atom is -0.507 e. The summed E-state index contributed by atoms with van der Waals surface area (Å²) in [5, 5.41) is 22.6. The van der Waals surface area contributed by atoms with Gasteiger partial charge in [-0.25, -0.2) is 0 Å². The standard InChI is InChI=1S/C33H25N3O4S2/c1-2-18-40-25-16-9-14-23(19-25)28-27(29(37)22-11-4-3-5-12-22)30(38)31(39)36(28)32-34-35-33(42-32)41-20-24-15-8-13-21-10-6-7-17-26(21)24/h2-17,19,28,37H,1,18,20H2/b29-27+. The number of Topliss-reactive ketones (excluding diaryl/α,β-unsaturated/α-hetero) is 1. The first kappa shape index (κ1) is 27.4. The van der Waals surface area contributed by atoms with E-state index in [1.54, 1.807) is 54.6 Å². The minimum atomic E-state index is -0.929. The van der Waals surface area contributed by atoms with Crippen molar-refractivity contribution in [3.8, 4) is 5.75 Å². The number of nitrogens with zero attached hydrogens (tertiary/aromatic N) is 3. The van der Waals surface area contributed by atoms with Crippen LogP contribution in [0.1, 0.15) is 22.7 Å². The summed E-state index contributed by atoms with van der Waals surface area (Å²) in [5.41, 5.74) is 2.17. The lowest BCUT2D eigenvalue weighted by molar-refractivity contribution is -0.132. The molecule has 1 N–H and O–H groups in total. The lowest BCUT2D eigenvalue weighted by Gasteiger charge is -2.23. The fraction of sp³-hybridized carbons (Fsp3) is 0.0909. The average Bonchev–Trinajstić information content (AvgIpc) is 3.60. The van der Waals surface area contributed by atoms with E-state index in [9.17, 15) is 14.7 Å². The summed E-state index contributed by atoms with van der Waals surface area (Å²) in [6.07, 6.45) is 1.63. The number of rotatable bonds is 9. The van der Waals surface area contributed by atoms with Crippen LogP contribution in [0.2, 0.25) is 0 Å². The molecule has 1 fully saturated rings. The van der Waals surface area contributed by atoms with E-state index in [2.05, 4.69) is 41.0 Å². The largest absolute Gasteiger partial charge is 0.507 e. The van der Waals surface area contributed by atoms with Crippen LogP contribution in [0.4, 0.5) is 5.13 Å². The number of ketones is 1. The Kier molecular flexibility index (Phi) is 7.85. The molecule has 1 aromatic heterocycles. The number of thioether (sulfide) groups is 1. The molecule has 42 heavy (non-hydrogen) atoms. The van der Waals surface area contributed by atoms with Crippen molar-refractivity contribution in [3.05, 3.63) is 132 Å². The number of aromatic nitrogens is 2. The van der Waals surface area contributed by atoms with E-state index in [1.165, 1.54) is 33.4 Å². The highest BCUT2D eigenvalue weighted by molar-refractivity contribution is 8.00. The van der Waals surface area contributed by atoms with Gasteiger partial charge in [0.05, 0.1) is 11.6 Å². The molecule has 1 unspecified atom stereocenters. The van der Waals surface area contributed by atoms with Crippen molar-refractivity contribution in [2.45, 2.75) is 16.1 Å². The summed E-state index contributed by atoms with van der Waals surface area (Å²) in [7, 11) is 0. The topological polar surface area (TPSA) is 92.6 Å². The van der Waals surface area contributed by atoms with Gasteiger partial charge in [0.25, 0.3) is 5.78 Å². The first-order valence-electron chi connectivity index (χ1n) is 13.2. The molecule has 7 nitrogen and oxygen atoms in total. The quantitative estimate of drug-likeness (QED) is 0.0485. The van der Waals surface area contributed by atoms with Crippen LogP contribution in [0.5, 0.6) is 5.75 Å². The third kappa shape index (κ3) is 5.32. The Morgan fingerprint density at radius 2 is 1.74 bits per heavy atom. The van der Waals surface area contributed by atoms with E-state index in [1.807, 2.05) is 24.3 Å². The van der Waals surface area contributed by atoms with Crippen LogP contribution in [0, 0.1) is 0 Å². The number of ether oxygens (including phenoxy) is 1. The van der Waals surface area contributed by atoms with Crippen molar-refractivity contribution >= 4 is 56.5 Å². The first-order chi connectivity index (χ1) is 20.5. The van der Waals surface area contributed by atoms with Crippen molar-refractivity contribution < 1.29 is 19.4 Å². The van der Waals surface area contributed by atoms with Gasteiger partial charge in [0, 0.05) is 11.3 Å². The molecule has 0 spiro atoms. The van der Waals surface area contributed by atoms with Crippen LogP contribution in [0.15, 0.2) is 120 Å². The van der Waals surface area contributed by atoms with Gasteiger partial charge in [-0.1, -0.05) is 121 Å². The summed E-state index contributed by atoms with van der Waals surface area (Å²) in [4.78, 5) is 28.4. The molecule has 1 aliphatic rings. The van der Waals surface area contributed by atoms with Gasteiger partial charge >= 0.3 is 5.91 Å². The molecule has 2 heterocycles. The zero-order valence-corrected chi connectivity index (χ0v) is 24.0. The highest BCUT2D eigenvalue weighted by Gasteiger charge is 2.48. The summed E-state index contributed by atoms with van der Waals surface area (Å²) in [6.45, 7) is 3.98. The fourth-order valence-corrected chi connectivity index (χ4v) is 6.81. The molecular formula is C33H25N3O4S2. The number of anilines is 1. The van der Waals surface area contributed by atoms with Gasteiger partial charge in [-0.3, -0.25) is 14.5 Å². The first-order valence-corrected chi connectivity index (χ1v) is 15.0. The monoisotopic (exact) mass is 591 g/mol. The molecule has 9 heteroatoms. The maximum atomic E-state index is 13.5. The molecule has 5 aromatic rings. The van der Waals surface area contributed by atoms with Crippen molar-refractivity contribution in [3.63, 3.8) is 0 Å². The smallest absolute Gasteiger partial charge is 0.301 e. The van der Waals surface area contributed by atoms with Crippen LogP contribution in [0.25, 0.3) is 16.5 Å². The SMILES string of the molecule is C=CCOc1cccc(C2/C(=C(\O)c3ccccc3)C(=O)C(=O)N2c2nnc(SCc3cccc4ccccc34)s2)c1. The second-order valence-corrected chi connectivity index (χ2v) is 11.7. The number of fused-ring (bicyclic) bond motifs is 1. The van der Waals surface area contributed by atoms with E-state index < -0.39 is 17.7 Å². The summed E-state index contributed by atoms with van der Waals surface area (Å²) in [6, 6.07) is 29.3. The molecule has 208 valence electrons. The number of benzene rings is 4.